The number of aryl methyl sites for hydroxylation is 1. The maximum absolute atomic E-state index is 12.7. The van der Waals surface area contributed by atoms with Crippen LogP contribution in [0, 0.1) is 6.92 Å². The van der Waals surface area contributed by atoms with Crippen molar-refractivity contribution in [3.63, 3.8) is 0 Å². The molecule has 2 N–H and O–H groups in total. The van der Waals surface area contributed by atoms with Crippen LogP contribution in [-0.4, -0.2) is 41.4 Å². The Kier molecular flexibility index (Phi) is 5.44. The number of benzene rings is 1. The number of nitrogens with zero attached hydrogens (tertiary/aromatic N) is 2. The first-order valence-corrected chi connectivity index (χ1v) is 8.68. The number of urea groups is 2. The molecule has 2 aromatic rings. The van der Waals surface area contributed by atoms with E-state index in [9.17, 15) is 19.2 Å². The van der Waals surface area contributed by atoms with Gasteiger partial charge in [-0.3, -0.25) is 24.7 Å². The zero-order valence-corrected chi connectivity index (χ0v) is 15.5. The van der Waals surface area contributed by atoms with Crippen molar-refractivity contribution < 1.29 is 23.6 Å². The molecule has 0 unspecified atom stereocenters. The second-order valence-electron chi connectivity index (χ2n) is 6.40. The van der Waals surface area contributed by atoms with E-state index in [4.69, 9.17) is 4.42 Å². The number of furan rings is 1. The molecule has 6 amide bonds. The van der Waals surface area contributed by atoms with E-state index in [-0.39, 0.29) is 6.54 Å². The van der Waals surface area contributed by atoms with E-state index in [1.165, 1.54) is 11.2 Å². The number of anilines is 1. The summed E-state index contributed by atoms with van der Waals surface area (Å²) in [5, 5.41) is 4.54. The largest absolute Gasteiger partial charge is 0.467 e. The van der Waals surface area contributed by atoms with Crippen LogP contribution in [0.15, 0.2) is 47.1 Å². The maximum Gasteiger partial charge on any atom is 0.332 e. The fourth-order valence-electron chi connectivity index (χ4n) is 2.85. The molecule has 0 aliphatic carbocycles. The van der Waals surface area contributed by atoms with Crippen molar-refractivity contribution in [3.8, 4) is 0 Å². The van der Waals surface area contributed by atoms with Gasteiger partial charge in [-0.1, -0.05) is 17.7 Å². The van der Waals surface area contributed by atoms with Gasteiger partial charge in [-0.25, -0.2) is 9.59 Å². The highest BCUT2D eigenvalue weighted by atomic mass is 16.3. The number of hydrogen-bond donors (Lipinski definition) is 2. The first-order valence-electron chi connectivity index (χ1n) is 8.68. The molecule has 0 spiro atoms. The van der Waals surface area contributed by atoms with Crippen LogP contribution >= 0.6 is 0 Å². The van der Waals surface area contributed by atoms with Crippen molar-refractivity contribution in [3.05, 3.63) is 54.0 Å². The Morgan fingerprint density at radius 1 is 1.14 bits per heavy atom. The summed E-state index contributed by atoms with van der Waals surface area (Å²) in [6, 6.07) is 8.39. The van der Waals surface area contributed by atoms with E-state index >= 15 is 0 Å². The van der Waals surface area contributed by atoms with Crippen LogP contribution in [0.1, 0.15) is 18.2 Å². The fraction of sp³-hybridized carbons (Fsp3) is 0.263. The third-order valence-electron chi connectivity index (χ3n) is 4.32. The molecule has 1 atom stereocenters. The molecule has 28 heavy (non-hydrogen) atoms. The van der Waals surface area contributed by atoms with Gasteiger partial charge in [0.05, 0.1) is 12.8 Å². The fourth-order valence-corrected chi connectivity index (χ4v) is 2.85. The lowest BCUT2D eigenvalue weighted by molar-refractivity contribution is -0.131. The van der Waals surface area contributed by atoms with Crippen molar-refractivity contribution in [2.75, 3.05) is 11.4 Å². The molecule has 0 radical (unpaired) electrons. The Hall–Kier alpha value is -3.62. The van der Waals surface area contributed by atoms with E-state index in [0.29, 0.717) is 11.4 Å². The predicted molar refractivity (Wildman–Crippen MR) is 99.3 cm³/mol. The third-order valence-corrected chi connectivity index (χ3v) is 4.32. The van der Waals surface area contributed by atoms with Crippen LogP contribution in [-0.2, 0) is 16.1 Å². The number of imide groups is 2. The first kappa shape index (κ1) is 19.2. The maximum atomic E-state index is 12.7. The van der Waals surface area contributed by atoms with Gasteiger partial charge in [0.2, 0.25) is 5.91 Å². The molecule has 1 aliphatic heterocycles. The Morgan fingerprint density at radius 3 is 2.50 bits per heavy atom. The van der Waals surface area contributed by atoms with Crippen LogP contribution < -0.4 is 15.5 Å². The molecule has 0 bridgehead atoms. The number of amides is 6. The summed E-state index contributed by atoms with van der Waals surface area (Å²) in [5.41, 5.74) is 1.58. The average molecular weight is 384 g/mol. The van der Waals surface area contributed by atoms with Gasteiger partial charge in [0.1, 0.15) is 18.3 Å². The predicted octanol–water partition coefficient (Wildman–Crippen LogP) is 1.77. The average Bonchev–Trinajstić information content (AvgIpc) is 3.25. The molecule has 9 nitrogen and oxygen atoms in total. The zero-order chi connectivity index (χ0) is 20.3. The highest BCUT2D eigenvalue weighted by Gasteiger charge is 2.44. The highest BCUT2D eigenvalue weighted by molar-refractivity contribution is 6.15. The minimum atomic E-state index is -0.767. The summed E-state index contributed by atoms with van der Waals surface area (Å²) in [5.74, 6) is -0.747. The highest BCUT2D eigenvalue weighted by Crippen LogP contribution is 2.25. The van der Waals surface area contributed by atoms with Crippen molar-refractivity contribution in [1.82, 2.24) is 15.5 Å². The molecule has 3 rings (SSSR count). The van der Waals surface area contributed by atoms with Crippen molar-refractivity contribution in [2.45, 2.75) is 26.4 Å². The van der Waals surface area contributed by atoms with Crippen LogP contribution in [0.4, 0.5) is 15.3 Å². The third kappa shape index (κ3) is 4.03. The Labute approximate surface area is 161 Å². The SMILES string of the molecule is Cc1ccc(N2C(=O)N(CC(=O)NC(=O)NCc3ccco3)C(=O)[C@H]2C)cc1. The molecule has 0 saturated carbocycles. The van der Waals surface area contributed by atoms with Crippen LogP contribution in [0.25, 0.3) is 0 Å². The summed E-state index contributed by atoms with van der Waals surface area (Å²) >= 11 is 0. The Bertz CT molecular complexity index is 892. The van der Waals surface area contributed by atoms with Crippen LogP contribution in [0.2, 0.25) is 0 Å². The van der Waals surface area contributed by atoms with Gasteiger partial charge in [-0.05, 0) is 38.1 Å². The molecule has 1 aromatic heterocycles. The number of carbonyl (C=O) groups excluding carboxylic acids is 4. The lowest BCUT2D eigenvalue weighted by Crippen LogP contribution is -2.46. The summed E-state index contributed by atoms with van der Waals surface area (Å²) in [6.07, 6.45) is 1.46. The molecule has 1 aliphatic rings. The number of carbonyl (C=O) groups is 4. The molecule has 1 saturated heterocycles. The summed E-state index contributed by atoms with van der Waals surface area (Å²) in [6.45, 7) is 3.07. The van der Waals surface area contributed by atoms with E-state index in [0.717, 1.165) is 10.5 Å². The minimum Gasteiger partial charge on any atom is -0.467 e. The standard InChI is InChI=1S/C19H20N4O5/c1-12-5-7-14(8-6-12)23-13(2)17(25)22(19(23)27)11-16(24)21-18(26)20-10-15-4-3-9-28-15/h3-9,13H,10-11H2,1-2H3,(H2,20,21,24,26)/t13-/m1/s1. The van der Waals surface area contributed by atoms with E-state index in [1.807, 2.05) is 19.1 Å². The molecule has 2 heterocycles. The monoisotopic (exact) mass is 384 g/mol. The molecular weight excluding hydrogens is 364 g/mol. The van der Waals surface area contributed by atoms with Gasteiger partial charge < -0.3 is 9.73 Å². The zero-order valence-electron chi connectivity index (χ0n) is 15.5. The first-order chi connectivity index (χ1) is 13.4. The Balaban J connectivity index is 1.59. The van der Waals surface area contributed by atoms with Gasteiger partial charge in [0.15, 0.2) is 0 Å². The lowest BCUT2D eigenvalue weighted by atomic mass is 10.2. The summed E-state index contributed by atoms with van der Waals surface area (Å²) < 4.78 is 5.07. The molecule has 146 valence electrons. The van der Waals surface area contributed by atoms with E-state index in [2.05, 4.69) is 10.6 Å². The normalized spacial score (nSPS) is 16.4. The number of nitrogens with one attached hydrogen (secondary N) is 2. The second-order valence-corrected chi connectivity index (χ2v) is 6.40. The van der Waals surface area contributed by atoms with Crippen molar-refractivity contribution >= 4 is 29.6 Å². The van der Waals surface area contributed by atoms with Crippen molar-refractivity contribution in [1.29, 1.82) is 0 Å². The number of rotatable bonds is 5. The summed E-state index contributed by atoms with van der Waals surface area (Å²) in [4.78, 5) is 51.1. The van der Waals surface area contributed by atoms with Crippen molar-refractivity contribution in [2.24, 2.45) is 0 Å². The molecular formula is C19H20N4O5. The van der Waals surface area contributed by atoms with E-state index in [1.54, 1.807) is 31.2 Å². The molecule has 9 heteroatoms. The lowest BCUT2D eigenvalue weighted by Gasteiger charge is -2.19. The van der Waals surface area contributed by atoms with E-state index < -0.39 is 36.5 Å². The minimum absolute atomic E-state index is 0.103. The molecule has 1 fully saturated rings. The van der Waals surface area contributed by atoms with Crippen LogP contribution in [0.5, 0.6) is 0 Å². The van der Waals surface area contributed by atoms with Gasteiger partial charge in [-0.15, -0.1) is 0 Å². The quantitative estimate of drug-likeness (QED) is 0.763. The summed E-state index contributed by atoms with van der Waals surface area (Å²) in [7, 11) is 0. The molecule has 1 aromatic carbocycles. The smallest absolute Gasteiger partial charge is 0.332 e. The Morgan fingerprint density at radius 2 is 1.86 bits per heavy atom. The second kappa shape index (κ2) is 7.95. The van der Waals surface area contributed by atoms with Crippen LogP contribution in [0.3, 0.4) is 0 Å². The number of hydrogen-bond acceptors (Lipinski definition) is 5. The van der Waals surface area contributed by atoms with Gasteiger partial charge in [0, 0.05) is 5.69 Å². The topological polar surface area (TPSA) is 112 Å². The van der Waals surface area contributed by atoms with Gasteiger partial charge in [0.25, 0.3) is 5.91 Å². The van der Waals surface area contributed by atoms with Gasteiger partial charge in [-0.2, -0.15) is 0 Å². The van der Waals surface area contributed by atoms with Gasteiger partial charge >= 0.3 is 12.1 Å².